The normalized spacial score (nSPS) is 11.9. The Balaban J connectivity index is 1.56. The summed E-state index contributed by atoms with van der Waals surface area (Å²) in [6.07, 6.45) is -4.35. The number of fused-ring (bicyclic) bond motifs is 1. The number of nitrogens with zero attached hydrogens (tertiary/aromatic N) is 4. The molecule has 0 aliphatic carbocycles. The lowest BCUT2D eigenvalue weighted by Crippen LogP contribution is -2.04. The van der Waals surface area contributed by atoms with Crippen molar-refractivity contribution in [3.05, 3.63) is 77.6 Å². The van der Waals surface area contributed by atoms with Gasteiger partial charge in [-0.05, 0) is 42.0 Å². The van der Waals surface area contributed by atoms with Gasteiger partial charge in [0.15, 0.2) is 11.5 Å². The van der Waals surface area contributed by atoms with Crippen LogP contribution >= 0.6 is 11.8 Å². The van der Waals surface area contributed by atoms with E-state index in [1.165, 1.54) is 40.5 Å². The molecule has 142 valence electrons. The van der Waals surface area contributed by atoms with Gasteiger partial charge in [-0.15, -0.1) is 10.2 Å². The van der Waals surface area contributed by atoms with Gasteiger partial charge in [-0.1, -0.05) is 36.0 Å². The summed E-state index contributed by atoms with van der Waals surface area (Å²) < 4.78 is 52.9. The van der Waals surface area contributed by atoms with Crippen molar-refractivity contribution < 1.29 is 17.6 Å². The molecule has 4 rings (SSSR count). The number of thioether (sulfide) groups is 1. The summed E-state index contributed by atoms with van der Waals surface area (Å²) in [6.45, 7) is 0. The molecule has 0 spiro atoms. The molecule has 4 nitrogen and oxygen atoms in total. The minimum absolute atomic E-state index is 0.387. The van der Waals surface area contributed by atoms with Crippen LogP contribution in [0.4, 0.5) is 17.6 Å². The van der Waals surface area contributed by atoms with E-state index in [-0.39, 0.29) is 5.82 Å². The molecule has 2 aromatic heterocycles. The van der Waals surface area contributed by atoms with Crippen LogP contribution in [0.25, 0.3) is 17.0 Å². The van der Waals surface area contributed by atoms with E-state index in [4.69, 9.17) is 0 Å². The molecule has 0 aliphatic heterocycles. The van der Waals surface area contributed by atoms with Gasteiger partial charge in [-0.3, -0.25) is 0 Å². The van der Waals surface area contributed by atoms with Gasteiger partial charge in [-0.25, -0.2) is 4.39 Å². The molecule has 9 heteroatoms. The van der Waals surface area contributed by atoms with Gasteiger partial charge >= 0.3 is 6.18 Å². The van der Waals surface area contributed by atoms with E-state index in [0.29, 0.717) is 27.8 Å². The van der Waals surface area contributed by atoms with Crippen molar-refractivity contribution in [2.45, 2.75) is 17.0 Å². The summed E-state index contributed by atoms with van der Waals surface area (Å²) in [4.78, 5) is 0. The van der Waals surface area contributed by atoms with Gasteiger partial charge in [0.1, 0.15) is 10.8 Å². The van der Waals surface area contributed by atoms with Crippen LogP contribution in [0.3, 0.4) is 0 Å². The van der Waals surface area contributed by atoms with Crippen molar-refractivity contribution in [3.8, 4) is 11.4 Å². The number of rotatable bonds is 4. The summed E-state index contributed by atoms with van der Waals surface area (Å²) in [7, 11) is 0. The largest absolute Gasteiger partial charge is 0.416 e. The Morgan fingerprint density at radius 3 is 2.43 bits per heavy atom. The third-order valence-corrected chi connectivity index (χ3v) is 4.98. The molecule has 0 saturated heterocycles. The van der Waals surface area contributed by atoms with Crippen LogP contribution in [-0.2, 0) is 11.9 Å². The van der Waals surface area contributed by atoms with Crippen LogP contribution in [0, 0.1) is 5.82 Å². The molecule has 0 radical (unpaired) electrons. The van der Waals surface area contributed by atoms with Gasteiger partial charge in [-0.2, -0.15) is 22.8 Å². The molecule has 0 unspecified atom stereocenters. The van der Waals surface area contributed by atoms with Gasteiger partial charge < -0.3 is 0 Å². The van der Waals surface area contributed by atoms with Crippen molar-refractivity contribution in [3.63, 3.8) is 0 Å². The molecule has 0 atom stereocenters. The number of alkyl halides is 3. The van der Waals surface area contributed by atoms with E-state index in [1.807, 2.05) is 0 Å². The summed E-state index contributed by atoms with van der Waals surface area (Å²) >= 11 is 1.37. The summed E-state index contributed by atoms with van der Waals surface area (Å²) in [5, 5.41) is 13.2. The Morgan fingerprint density at radius 1 is 0.929 bits per heavy atom. The van der Waals surface area contributed by atoms with Crippen molar-refractivity contribution in [1.82, 2.24) is 19.8 Å². The minimum atomic E-state index is -4.35. The number of aromatic nitrogens is 4. The van der Waals surface area contributed by atoms with E-state index in [1.54, 1.807) is 24.3 Å². The lowest BCUT2D eigenvalue weighted by molar-refractivity contribution is -0.137. The highest BCUT2D eigenvalue weighted by Gasteiger charge is 2.29. The SMILES string of the molecule is Fc1cccc(-c2nnc3ccc(SCc4ccc(C(F)(F)F)cc4)nn23)c1. The van der Waals surface area contributed by atoms with E-state index in [9.17, 15) is 17.6 Å². The van der Waals surface area contributed by atoms with Gasteiger partial charge in [0.05, 0.1) is 5.56 Å². The van der Waals surface area contributed by atoms with Crippen molar-refractivity contribution in [2.75, 3.05) is 0 Å². The maximum Gasteiger partial charge on any atom is 0.416 e. The molecule has 0 bridgehead atoms. The standard InChI is InChI=1S/C19H12F4N4S/c20-15-3-1-2-13(10-15)18-25-24-16-8-9-17(26-27(16)18)28-11-12-4-6-14(7-5-12)19(21,22)23/h1-10H,11H2. The van der Waals surface area contributed by atoms with Gasteiger partial charge in [0.25, 0.3) is 0 Å². The van der Waals surface area contributed by atoms with Crippen LogP contribution in [0.1, 0.15) is 11.1 Å². The first-order valence-corrected chi connectivity index (χ1v) is 9.16. The zero-order chi connectivity index (χ0) is 19.7. The molecule has 0 amide bonds. The highest BCUT2D eigenvalue weighted by atomic mass is 32.2. The molecule has 0 N–H and O–H groups in total. The second-order valence-corrected chi connectivity index (χ2v) is 6.95. The Labute approximate surface area is 161 Å². The molecule has 0 fully saturated rings. The second-order valence-electron chi connectivity index (χ2n) is 5.96. The van der Waals surface area contributed by atoms with Crippen molar-refractivity contribution in [2.24, 2.45) is 0 Å². The minimum Gasteiger partial charge on any atom is -0.207 e. The van der Waals surface area contributed by atoms with Crippen LogP contribution in [0.2, 0.25) is 0 Å². The van der Waals surface area contributed by atoms with Gasteiger partial charge in [0.2, 0.25) is 0 Å². The van der Waals surface area contributed by atoms with Crippen LogP contribution < -0.4 is 0 Å². The Bertz CT molecular complexity index is 1120. The topological polar surface area (TPSA) is 43.1 Å². The van der Waals surface area contributed by atoms with E-state index < -0.39 is 11.7 Å². The molecular formula is C19H12F4N4S. The highest BCUT2D eigenvalue weighted by Crippen LogP contribution is 2.30. The average molecular weight is 404 g/mol. The Kier molecular flexibility index (Phi) is 4.76. The highest BCUT2D eigenvalue weighted by molar-refractivity contribution is 7.98. The maximum atomic E-state index is 13.5. The Hall–Kier alpha value is -2.94. The number of hydrogen-bond acceptors (Lipinski definition) is 4. The Morgan fingerprint density at radius 2 is 1.71 bits per heavy atom. The van der Waals surface area contributed by atoms with Crippen LogP contribution in [0.15, 0.2) is 65.7 Å². The van der Waals surface area contributed by atoms with E-state index in [2.05, 4.69) is 15.3 Å². The molecule has 2 heterocycles. The lowest BCUT2D eigenvalue weighted by atomic mass is 10.1. The first-order valence-electron chi connectivity index (χ1n) is 8.17. The number of benzene rings is 2. The monoisotopic (exact) mass is 404 g/mol. The molecule has 2 aromatic carbocycles. The number of halogens is 4. The fourth-order valence-electron chi connectivity index (χ4n) is 2.60. The predicted molar refractivity (Wildman–Crippen MR) is 97.2 cm³/mol. The zero-order valence-corrected chi connectivity index (χ0v) is 15.0. The lowest BCUT2D eigenvalue weighted by Gasteiger charge is -2.07. The average Bonchev–Trinajstić information content (AvgIpc) is 3.09. The molecule has 0 saturated carbocycles. The molecule has 28 heavy (non-hydrogen) atoms. The van der Waals surface area contributed by atoms with E-state index >= 15 is 0 Å². The van der Waals surface area contributed by atoms with Gasteiger partial charge in [0, 0.05) is 11.3 Å². The smallest absolute Gasteiger partial charge is 0.207 e. The van der Waals surface area contributed by atoms with Crippen molar-refractivity contribution >= 4 is 17.4 Å². The molecular weight excluding hydrogens is 392 g/mol. The van der Waals surface area contributed by atoms with E-state index in [0.717, 1.165) is 17.7 Å². The zero-order valence-electron chi connectivity index (χ0n) is 14.2. The number of hydrogen-bond donors (Lipinski definition) is 0. The van der Waals surface area contributed by atoms with Crippen molar-refractivity contribution in [1.29, 1.82) is 0 Å². The maximum absolute atomic E-state index is 13.5. The summed E-state index contributed by atoms with van der Waals surface area (Å²) in [5.41, 5.74) is 1.13. The molecule has 4 aromatic rings. The quantitative estimate of drug-likeness (QED) is 0.345. The summed E-state index contributed by atoms with van der Waals surface area (Å²) in [5.74, 6) is 0.474. The van der Waals surface area contributed by atoms with Crippen LogP contribution in [-0.4, -0.2) is 19.8 Å². The second kappa shape index (κ2) is 7.23. The third kappa shape index (κ3) is 3.84. The summed E-state index contributed by atoms with van der Waals surface area (Å²) in [6, 6.07) is 14.5. The first kappa shape index (κ1) is 18.4. The fourth-order valence-corrected chi connectivity index (χ4v) is 3.41. The predicted octanol–water partition coefficient (Wildman–Crippen LogP) is 5.24. The fraction of sp³-hybridized carbons (Fsp3) is 0.105. The third-order valence-electron chi connectivity index (χ3n) is 3.99. The first-order chi connectivity index (χ1) is 13.4. The molecule has 0 aliphatic rings. The van der Waals surface area contributed by atoms with Crippen LogP contribution in [0.5, 0.6) is 0 Å².